The maximum Gasteiger partial charge on any atom is 0.144 e. The Morgan fingerprint density at radius 2 is 2.00 bits per heavy atom. The van der Waals surface area contributed by atoms with Crippen LogP contribution in [0.4, 0.5) is 0 Å². The van der Waals surface area contributed by atoms with Crippen LogP contribution < -0.4 is 0 Å². The second kappa shape index (κ2) is 5.31. The first-order valence-corrected chi connectivity index (χ1v) is 5.45. The second-order valence-electron chi connectivity index (χ2n) is 3.83. The Morgan fingerprint density at radius 1 is 1.19 bits per heavy atom. The molecule has 2 heteroatoms. The SMILES string of the molecule is CC(Cc1ccccc1)N=Cc1ccco1. The van der Waals surface area contributed by atoms with Gasteiger partial charge < -0.3 is 4.42 Å². The van der Waals surface area contributed by atoms with Crippen molar-refractivity contribution in [3.63, 3.8) is 0 Å². The lowest BCUT2D eigenvalue weighted by Crippen LogP contribution is -2.03. The molecule has 1 aromatic carbocycles. The molecule has 0 aliphatic heterocycles. The molecule has 1 aromatic heterocycles. The van der Waals surface area contributed by atoms with E-state index in [0.29, 0.717) is 0 Å². The smallest absolute Gasteiger partial charge is 0.144 e. The van der Waals surface area contributed by atoms with Crippen LogP contribution in [0.25, 0.3) is 0 Å². The molecule has 2 nitrogen and oxygen atoms in total. The Hall–Kier alpha value is -1.83. The van der Waals surface area contributed by atoms with Crippen LogP contribution in [0.15, 0.2) is 58.1 Å². The minimum absolute atomic E-state index is 0.271. The number of aliphatic imine (C=N–C) groups is 1. The molecule has 2 rings (SSSR count). The highest BCUT2D eigenvalue weighted by atomic mass is 16.3. The summed E-state index contributed by atoms with van der Waals surface area (Å²) in [4.78, 5) is 4.44. The average molecular weight is 213 g/mol. The number of hydrogen-bond donors (Lipinski definition) is 0. The standard InChI is InChI=1S/C14H15NO/c1-12(10-13-6-3-2-4-7-13)15-11-14-8-5-9-16-14/h2-9,11-12H,10H2,1H3. The lowest BCUT2D eigenvalue weighted by Gasteiger charge is -2.05. The summed E-state index contributed by atoms with van der Waals surface area (Å²) in [6.07, 6.45) is 4.40. The predicted octanol–water partition coefficient (Wildman–Crippen LogP) is 3.33. The van der Waals surface area contributed by atoms with Crippen molar-refractivity contribution >= 4 is 6.21 Å². The van der Waals surface area contributed by atoms with Crippen LogP contribution in [0.5, 0.6) is 0 Å². The van der Waals surface area contributed by atoms with E-state index in [1.807, 2.05) is 18.2 Å². The molecule has 0 amide bonds. The van der Waals surface area contributed by atoms with Crippen LogP contribution in [-0.4, -0.2) is 12.3 Å². The van der Waals surface area contributed by atoms with Gasteiger partial charge in [0.05, 0.1) is 18.5 Å². The van der Waals surface area contributed by atoms with Crippen molar-refractivity contribution in [3.05, 3.63) is 60.1 Å². The number of furan rings is 1. The number of benzene rings is 1. The van der Waals surface area contributed by atoms with Crippen LogP contribution in [0.1, 0.15) is 18.2 Å². The van der Waals surface area contributed by atoms with E-state index >= 15 is 0 Å². The monoisotopic (exact) mass is 213 g/mol. The molecular formula is C14H15NO. The quantitative estimate of drug-likeness (QED) is 0.715. The van der Waals surface area contributed by atoms with E-state index in [0.717, 1.165) is 12.2 Å². The fraction of sp³-hybridized carbons (Fsp3) is 0.214. The topological polar surface area (TPSA) is 25.5 Å². The first kappa shape index (κ1) is 10.7. The van der Waals surface area contributed by atoms with E-state index in [4.69, 9.17) is 4.42 Å². The summed E-state index contributed by atoms with van der Waals surface area (Å²) in [5.74, 6) is 0.805. The summed E-state index contributed by atoms with van der Waals surface area (Å²) in [6, 6.07) is 14.4. The van der Waals surface area contributed by atoms with Crippen molar-refractivity contribution in [3.8, 4) is 0 Å². The molecule has 0 radical (unpaired) electrons. The van der Waals surface area contributed by atoms with Crippen molar-refractivity contribution < 1.29 is 4.42 Å². The van der Waals surface area contributed by atoms with Crippen LogP contribution in [0.2, 0.25) is 0 Å². The van der Waals surface area contributed by atoms with E-state index in [2.05, 4.69) is 36.2 Å². The summed E-state index contributed by atoms with van der Waals surface area (Å²) in [5, 5.41) is 0. The van der Waals surface area contributed by atoms with Crippen LogP contribution in [0, 0.1) is 0 Å². The van der Waals surface area contributed by atoms with E-state index < -0.39 is 0 Å². The van der Waals surface area contributed by atoms with E-state index in [9.17, 15) is 0 Å². The van der Waals surface area contributed by atoms with Crippen molar-refractivity contribution in [1.82, 2.24) is 0 Å². The maximum absolute atomic E-state index is 5.18. The third-order valence-electron chi connectivity index (χ3n) is 2.37. The molecule has 0 spiro atoms. The van der Waals surface area contributed by atoms with Crippen molar-refractivity contribution in [2.24, 2.45) is 4.99 Å². The first-order valence-electron chi connectivity index (χ1n) is 5.45. The van der Waals surface area contributed by atoms with Crippen molar-refractivity contribution in [2.45, 2.75) is 19.4 Å². The number of hydrogen-bond acceptors (Lipinski definition) is 2. The molecule has 2 aromatic rings. The Morgan fingerprint density at radius 3 is 2.69 bits per heavy atom. The molecule has 0 N–H and O–H groups in total. The van der Waals surface area contributed by atoms with Gasteiger partial charge in [-0.05, 0) is 31.0 Å². The number of nitrogens with zero attached hydrogens (tertiary/aromatic N) is 1. The Balaban J connectivity index is 1.92. The molecular weight excluding hydrogens is 198 g/mol. The van der Waals surface area contributed by atoms with E-state index in [1.165, 1.54) is 5.56 Å². The third kappa shape index (κ3) is 3.09. The van der Waals surface area contributed by atoms with Gasteiger partial charge in [0.2, 0.25) is 0 Å². The lowest BCUT2D eigenvalue weighted by atomic mass is 10.1. The zero-order valence-corrected chi connectivity index (χ0v) is 9.34. The zero-order chi connectivity index (χ0) is 11.2. The molecule has 16 heavy (non-hydrogen) atoms. The van der Waals surface area contributed by atoms with Gasteiger partial charge in [0.15, 0.2) is 0 Å². The summed E-state index contributed by atoms with van der Waals surface area (Å²) in [7, 11) is 0. The molecule has 0 bridgehead atoms. The van der Waals surface area contributed by atoms with Gasteiger partial charge in [-0.1, -0.05) is 30.3 Å². The highest BCUT2D eigenvalue weighted by molar-refractivity contribution is 5.75. The third-order valence-corrected chi connectivity index (χ3v) is 2.37. The highest BCUT2D eigenvalue weighted by Gasteiger charge is 2.00. The summed E-state index contributed by atoms with van der Waals surface area (Å²) >= 11 is 0. The second-order valence-corrected chi connectivity index (χ2v) is 3.83. The molecule has 82 valence electrons. The molecule has 1 heterocycles. The van der Waals surface area contributed by atoms with Gasteiger partial charge in [0.25, 0.3) is 0 Å². The molecule has 1 atom stereocenters. The minimum Gasteiger partial charge on any atom is -0.463 e. The number of rotatable bonds is 4. The Labute approximate surface area is 95.6 Å². The van der Waals surface area contributed by atoms with Crippen LogP contribution in [0.3, 0.4) is 0 Å². The molecule has 0 aliphatic rings. The fourth-order valence-electron chi connectivity index (χ4n) is 1.57. The van der Waals surface area contributed by atoms with Crippen molar-refractivity contribution in [2.75, 3.05) is 0 Å². The first-order chi connectivity index (χ1) is 7.84. The Kier molecular flexibility index (Phi) is 3.54. The van der Waals surface area contributed by atoms with Gasteiger partial charge in [0.1, 0.15) is 5.76 Å². The molecule has 0 aliphatic carbocycles. The van der Waals surface area contributed by atoms with Gasteiger partial charge in [0, 0.05) is 0 Å². The van der Waals surface area contributed by atoms with E-state index in [-0.39, 0.29) is 6.04 Å². The van der Waals surface area contributed by atoms with E-state index in [1.54, 1.807) is 12.5 Å². The normalized spacial score (nSPS) is 13.1. The van der Waals surface area contributed by atoms with Crippen LogP contribution >= 0.6 is 0 Å². The highest BCUT2D eigenvalue weighted by Crippen LogP contribution is 2.05. The summed E-state index contributed by atoms with van der Waals surface area (Å²) in [5.41, 5.74) is 1.31. The van der Waals surface area contributed by atoms with Gasteiger partial charge in [-0.3, -0.25) is 4.99 Å². The fourth-order valence-corrected chi connectivity index (χ4v) is 1.57. The minimum atomic E-state index is 0.271. The van der Waals surface area contributed by atoms with Gasteiger partial charge >= 0.3 is 0 Å². The van der Waals surface area contributed by atoms with Crippen LogP contribution in [-0.2, 0) is 6.42 Å². The van der Waals surface area contributed by atoms with Gasteiger partial charge in [-0.25, -0.2) is 0 Å². The maximum atomic E-state index is 5.18. The van der Waals surface area contributed by atoms with Gasteiger partial charge in [-0.2, -0.15) is 0 Å². The Bertz CT molecular complexity index is 431. The molecule has 0 saturated heterocycles. The predicted molar refractivity (Wildman–Crippen MR) is 65.9 cm³/mol. The summed E-state index contributed by atoms with van der Waals surface area (Å²) in [6.45, 7) is 2.10. The molecule has 0 saturated carbocycles. The molecule has 1 unspecified atom stereocenters. The van der Waals surface area contributed by atoms with Crippen molar-refractivity contribution in [1.29, 1.82) is 0 Å². The zero-order valence-electron chi connectivity index (χ0n) is 9.34. The molecule has 0 fully saturated rings. The summed E-state index contributed by atoms with van der Waals surface area (Å²) < 4.78 is 5.18. The van der Waals surface area contributed by atoms with Gasteiger partial charge in [-0.15, -0.1) is 0 Å². The average Bonchev–Trinajstić information content (AvgIpc) is 2.81. The largest absolute Gasteiger partial charge is 0.463 e. The lowest BCUT2D eigenvalue weighted by molar-refractivity contribution is 0.559.